The predicted octanol–water partition coefficient (Wildman–Crippen LogP) is 1.50. The number of hydrogen-bond acceptors (Lipinski definition) is 8. The summed E-state index contributed by atoms with van der Waals surface area (Å²) >= 11 is 0. The Hall–Kier alpha value is -2.87. The molecule has 29 heavy (non-hydrogen) atoms. The first-order valence-corrected chi connectivity index (χ1v) is 9.80. The average molecular weight is 399 g/mol. The molecular weight excluding hydrogens is 378 g/mol. The molecule has 2 unspecified atom stereocenters. The van der Waals surface area contributed by atoms with E-state index in [0.29, 0.717) is 29.1 Å². The second-order valence-electron chi connectivity index (χ2n) is 8.03. The van der Waals surface area contributed by atoms with Gasteiger partial charge in [-0.1, -0.05) is 6.07 Å². The van der Waals surface area contributed by atoms with Gasteiger partial charge in [0.1, 0.15) is 17.6 Å². The van der Waals surface area contributed by atoms with Gasteiger partial charge in [0.05, 0.1) is 6.42 Å². The molecule has 4 aliphatic rings. The van der Waals surface area contributed by atoms with Gasteiger partial charge in [0.15, 0.2) is 0 Å². The second-order valence-corrected chi connectivity index (χ2v) is 8.03. The summed E-state index contributed by atoms with van der Waals surface area (Å²) in [5, 5.41) is 0. The highest BCUT2D eigenvalue weighted by molar-refractivity contribution is 5.98. The van der Waals surface area contributed by atoms with Crippen molar-refractivity contribution in [3.63, 3.8) is 0 Å². The Morgan fingerprint density at radius 2 is 1.69 bits per heavy atom. The van der Waals surface area contributed by atoms with Crippen LogP contribution in [0.15, 0.2) is 30.4 Å². The van der Waals surface area contributed by atoms with Gasteiger partial charge in [-0.15, -0.1) is 0 Å². The van der Waals surface area contributed by atoms with Crippen LogP contribution in [0.1, 0.15) is 31.2 Å². The zero-order valence-electron chi connectivity index (χ0n) is 16.0. The molecule has 2 saturated heterocycles. The molecule has 152 valence electrons. The minimum atomic E-state index is -2.10. The molecule has 0 aliphatic carbocycles. The van der Waals surface area contributed by atoms with Crippen LogP contribution in [0.25, 0.3) is 0 Å². The number of piperidine rings is 1. The van der Waals surface area contributed by atoms with Crippen molar-refractivity contribution in [1.29, 1.82) is 0 Å². The van der Waals surface area contributed by atoms with Crippen molar-refractivity contribution in [3.05, 3.63) is 35.9 Å². The van der Waals surface area contributed by atoms with Crippen LogP contribution in [0.3, 0.4) is 0 Å². The molecule has 0 amide bonds. The standard InChI is InChI=1S/C21H21NO7/c1-22-13-3-4-14(22)9-16(8-13)26-15-5-2-12-11-21(20(25)27-17(12)10-15)28-18(23)6-7-19(24)29-21/h2,5-7,10,13-14,16H,3-4,8-9,11H2,1H3. The second kappa shape index (κ2) is 6.59. The fraction of sp³-hybridized carbons (Fsp3) is 0.476. The number of benzene rings is 1. The lowest BCUT2D eigenvalue weighted by Crippen LogP contribution is -2.52. The SMILES string of the molecule is CN1C2CCC1CC(Oc1ccc3c(c1)OC(=O)C1(C3)OC(=O)C=CC(=O)O1)C2. The van der Waals surface area contributed by atoms with Crippen molar-refractivity contribution >= 4 is 17.9 Å². The first kappa shape index (κ1) is 18.2. The number of rotatable bonds is 2. The molecule has 4 aliphatic heterocycles. The Bertz CT molecular complexity index is 890. The third-order valence-electron chi connectivity index (χ3n) is 6.22. The summed E-state index contributed by atoms with van der Waals surface area (Å²) in [5.74, 6) is -3.78. The molecule has 4 heterocycles. The van der Waals surface area contributed by atoms with E-state index in [1.54, 1.807) is 18.2 Å². The van der Waals surface area contributed by atoms with Gasteiger partial charge in [0.25, 0.3) is 0 Å². The Morgan fingerprint density at radius 3 is 2.34 bits per heavy atom. The van der Waals surface area contributed by atoms with Crippen LogP contribution in [0.5, 0.6) is 11.5 Å². The number of nitrogens with zero attached hydrogens (tertiary/aromatic N) is 1. The lowest BCUT2D eigenvalue weighted by Gasteiger charge is -2.36. The largest absolute Gasteiger partial charge is 0.490 e. The van der Waals surface area contributed by atoms with E-state index >= 15 is 0 Å². The van der Waals surface area contributed by atoms with Crippen molar-refractivity contribution in [3.8, 4) is 11.5 Å². The first-order chi connectivity index (χ1) is 13.9. The van der Waals surface area contributed by atoms with Gasteiger partial charge in [0, 0.05) is 35.9 Å². The van der Waals surface area contributed by atoms with Gasteiger partial charge in [-0.2, -0.15) is 0 Å². The molecule has 8 heteroatoms. The number of ether oxygens (including phenoxy) is 4. The summed E-state index contributed by atoms with van der Waals surface area (Å²) in [6, 6.07) is 6.32. The molecule has 0 aromatic heterocycles. The summed E-state index contributed by atoms with van der Waals surface area (Å²) < 4.78 is 21.7. The summed E-state index contributed by atoms with van der Waals surface area (Å²) in [5.41, 5.74) is 0.586. The zero-order valence-corrected chi connectivity index (χ0v) is 16.0. The molecule has 0 radical (unpaired) electrons. The van der Waals surface area contributed by atoms with Gasteiger partial charge in [-0.05, 0) is 38.8 Å². The lowest BCUT2D eigenvalue weighted by molar-refractivity contribution is -0.230. The first-order valence-electron chi connectivity index (χ1n) is 9.80. The fourth-order valence-corrected chi connectivity index (χ4v) is 4.71. The number of hydrogen-bond donors (Lipinski definition) is 0. The molecule has 1 aromatic carbocycles. The molecule has 2 bridgehead atoms. The van der Waals surface area contributed by atoms with E-state index < -0.39 is 23.7 Å². The normalized spacial score (nSPS) is 30.2. The molecule has 8 nitrogen and oxygen atoms in total. The van der Waals surface area contributed by atoms with E-state index in [2.05, 4.69) is 11.9 Å². The van der Waals surface area contributed by atoms with Crippen LogP contribution in [0.4, 0.5) is 0 Å². The quantitative estimate of drug-likeness (QED) is 0.546. The highest BCUT2D eigenvalue weighted by Gasteiger charge is 2.53. The highest BCUT2D eigenvalue weighted by atomic mass is 16.8. The third-order valence-corrected chi connectivity index (χ3v) is 6.22. The Labute approximate surface area is 167 Å². The number of carbonyl (C=O) groups excluding carboxylic acids is 3. The van der Waals surface area contributed by atoms with Crippen molar-refractivity contribution in [2.75, 3.05) is 7.05 Å². The molecule has 1 spiro atoms. The van der Waals surface area contributed by atoms with E-state index in [9.17, 15) is 14.4 Å². The molecule has 2 fully saturated rings. The molecule has 0 N–H and O–H groups in total. The summed E-state index contributed by atoms with van der Waals surface area (Å²) in [4.78, 5) is 38.5. The minimum absolute atomic E-state index is 0.112. The Morgan fingerprint density at radius 1 is 1.03 bits per heavy atom. The smallest absolute Gasteiger partial charge is 0.398 e. The third kappa shape index (κ3) is 3.17. The van der Waals surface area contributed by atoms with E-state index in [1.807, 2.05) is 0 Å². The number of esters is 3. The van der Waals surface area contributed by atoms with E-state index in [0.717, 1.165) is 25.0 Å². The van der Waals surface area contributed by atoms with E-state index in [4.69, 9.17) is 18.9 Å². The number of carbonyl (C=O) groups is 3. The zero-order chi connectivity index (χ0) is 20.2. The maximum absolute atomic E-state index is 12.6. The van der Waals surface area contributed by atoms with Crippen LogP contribution in [0.2, 0.25) is 0 Å². The molecule has 0 saturated carbocycles. The molecule has 2 atom stereocenters. The van der Waals surface area contributed by atoms with Crippen molar-refractivity contribution < 1.29 is 33.3 Å². The van der Waals surface area contributed by atoms with Crippen LogP contribution in [-0.2, 0) is 30.3 Å². The van der Waals surface area contributed by atoms with Gasteiger partial charge in [0.2, 0.25) is 0 Å². The Kier molecular flexibility index (Phi) is 4.13. The van der Waals surface area contributed by atoms with Gasteiger partial charge in [-0.25, -0.2) is 14.4 Å². The highest BCUT2D eigenvalue weighted by Crippen LogP contribution is 2.39. The van der Waals surface area contributed by atoms with Gasteiger partial charge in [-0.3, -0.25) is 0 Å². The predicted molar refractivity (Wildman–Crippen MR) is 98.1 cm³/mol. The maximum Gasteiger partial charge on any atom is 0.398 e. The van der Waals surface area contributed by atoms with Crippen LogP contribution in [-0.4, -0.2) is 53.8 Å². The van der Waals surface area contributed by atoms with Crippen LogP contribution < -0.4 is 9.47 Å². The molecule has 1 aromatic rings. The van der Waals surface area contributed by atoms with Gasteiger partial charge < -0.3 is 23.8 Å². The fourth-order valence-electron chi connectivity index (χ4n) is 4.71. The summed E-state index contributed by atoms with van der Waals surface area (Å²) in [6.07, 6.45) is 6.23. The van der Waals surface area contributed by atoms with Gasteiger partial charge >= 0.3 is 23.7 Å². The van der Waals surface area contributed by atoms with Crippen molar-refractivity contribution in [1.82, 2.24) is 4.90 Å². The average Bonchev–Trinajstić information content (AvgIpc) is 2.84. The monoisotopic (exact) mass is 399 g/mol. The minimum Gasteiger partial charge on any atom is -0.490 e. The van der Waals surface area contributed by atoms with E-state index in [-0.39, 0.29) is 12.5 Å². The summed E-state index contributed by atoms with van der Waals surface area (Å²) in [6.45, 7) is 0. The molecule has 5 rings (SSSR count). The van der Waals surface area contributed by atoms with E-state index in [1.165, 1.54) is 12.8 Å². The lowest BCUT2D eigenvalue weighted by atomic mass is 9.99. The van der Waals surface area contributed by atoms with Crippen LogP contribution in [0, 0.1) is 0 Å². The van der Waals surface area contributed by atoms with Crippen molar-refractivity contribution in [2.45, 2.75) is 56.1 Å². The molecular formula is C21H21NO7. The Balaban J connectivity index is 1.34. The van der Waals surface area contributed by atoms with Crippen molar-refractivity contribution in [2.24, 2.45) is 0 Å². The van der Waals surface area contributed by atoms with Crippen LogP contribution >= 0.6 is 0 Å². The number of fused-ring (bicyclic) bond motifs is 3. The maximum atomic E-state index is 12.6. The summed E-state index contributed by atoms with van der Waals surface area (Å²) in [7, 11) is 2.18. The topological polar surface area (TPSA) is 91.4 Å².